The Morgan fingerprint density at radius 2 is 2.00 bits per heavy atom. The maximum atomic E-state index is 12.1. The number of carbonyl (C=O) groups is 1. The predicted molar refractivity (Wildman–Crippen MR) is 93.6 cm³/mol. The van der Waals surface area contributed by atoms with Gasteiger partial charge < -0.3 is 4.74 Å². The minimum Gasteiger partial charge on any atom is -0.462 e. The summed E-state index contributed by atoms with van der Waals surface area (Å²) in [6, 6.07) is 7.28. The lowest BCUT2D eigenvalue weighted by molar-refractivity contribution is 0.0528. The molecule has 0 radical (unpaired) electrons. The van der Waals surface area contributed by atoms with Crippen molar-refractivity contribution in [2.75, 3.05) is 12.4 Å². The molecule has 0 spiro atoms. The van der Waals surface area contributed by atoms with E-state index >= 15 is 0 Å². The molecule has 0 N–H and O–H groups in total. The van der Waals surface area contributed by atoms with Gasteiger partial charge in [0, 0.05) is 10.6 Å². The van der Waals surface area contributed by atoms with Crippen LogP contribution in [-0.2, 0) is 4.74 Å². The van der Waals surface area contributed by atoms with Crippen LogP contribution in [0.1, 0.15) is 24.2 Å². The Morgan fingerprint density at radius 3 is 2.67 bits per heavy atom. The van der Waals surface area contributed by atoms with Gasteiger partial charge in [-0.05, 0) is 36.9 Å². The van der Waals surface area contributed by atoms with Crippen molar-refractivity contribution in [1.29, 1.82) is 0 Å². The molecule has 0 saturated heterocycles. The average molecular weight is 363 g/mol. The van der Waals surface area contributed by atoms with Crippen molar-refractivity contribution < 1.29 is 9.53 Å². The maximum absolute atomic E-state index is 12.1. The smallest absolute Gasteiger partial charge is 0.343 e. The Morgan fingerprint density at radius 1 is 1.25 bits per heavy atom. The summed E-state index contributed by atoms with van der Waals surface area (Å²) >= 11 is 7.46. The number of carbonyl (C=O) groups excluding carboxylic acids is 1. The fraction of sp³-hybridized carbons (Fsp3) is 0.250. The van der Waals surface area contributed by atoms with Crippen molar-refractivity contribution in [3.05, 3.63) is 41.0 Å². The van der Waals surface area contributed by atoms with Gasteiger partial charge in [-0.15, -0.1) is 0 Å². The molecule has 24 heavy (non-hydrogen) atoms. The number of thioether (sulfide) groups is 1. The van der Waals surface area contributed by atoms with Crippen LogP contribution in [0.15, 0.2) is 35.6 Å². The molecule has 2 aromatic heterocycles. The van der Waals surface area contributed by atoms with Crippen LogP contribution in [0.4, 0.5) is 0 Å². The first kappa shape index (κ1) is 16.7. The first-order valence-electron chi connectivity index (χ1n) is 7.45. The summed E-state index contributed by atoms with van der Waals surface area (Å²) in [7, 11) is 0. The molecule has 2 heterocycles. The number of aromatic nitrogens is 4. The van der Waals surface area contributed by atoms with Crippen LogP contribution in [0, 0.1) is 0 Å². The van der Waals surface area contributed by atoms with E-state index in [4.69, 9.17) is 16.3 Å². The number of benzene rings is 1. The lowest BCUT2D eigenvalue weighted by Gasteiger charge is -2.07. The molecule has 0 bridgehead atoms. The number of esters is 1. The Labute approximate surface area is 148 Å². The van der Waals surface area contributed by atoms with E-state index < -0.39 is 5.97 Å². The van der Waals surface area contributed by atoms with Crippen molar-refractivity contribution in [3.8, 4) is 11.4 Å². The molecule has 8 heteroatoms. The molecular formula is C16H15ClN4O2S. The van der Waals surface area contributed by atoms with Crippen LogP contribution in [0.3, 0.4) is 0 Å². The molecule has 0 saturated carbocycles. The van der Waals surface area contributed by atoms with E-state index in [2.05, 4.69) is 15.1 Å². The van der Waals surface area contributed by atoms with Crippen LogP contribution in [0.5, 0.6) is 0 Å². The Bertz CT molecular complexity index is 880. The molecule has 0 atom stereocenters. The second-order valence-corrected chi connectivity index (χ2v) is 6.45. The highest BCUT2D eigenvalue weighted by atomic mass is 35.5. The first-order valence-corrected chi connectivity index (χ1v) is 8.82. The first-order chi connectivity index (χ1) is 11.6. The zero-order valence-electron chi connectivity index (χ0n) is 13.2. The maximum Gasteiger partial charge on any atom is 0.343 e. The van der Waals surface area contributed by atoms with Crippen molar-refractivity contribution in [2.45, 2.75) is 19.0 Å². The average Bonchev–Trinajstić information content (AvgIpc) is 2.99. The van der Waals surface area contributed by atoms with E-state index in [1.807, 2.05) is 19.1 Å². The van der Waals surface area contributed by atoms with E-state index in [0.717, 1.165) is 11.3 Å². The topological polar surface area (TPSA) is 69.4 Å². The van der Waals surface area contributed by atoms with Gasteiger partial charge in [0.2, 0.25) is 0 Å². The number of halogens is 1. The molecule has 1 aromatic carbocycles. The van der Waals surface area contributed by atoms with Gasteiger partial charge >= 0.3 is 5.97 Å². The Kier molecular flexibility index (Phi) is 5.01. The summed E-state index contributed by atoms with van der Waals surface area (Å²) in [5.41, 5.74) is 1.60. The van der Waals surface area contributed by atoms with Crippen LogP contribution < -0.4 is 0 Å². The number of nitrogens with zero attached hydrogens (tertiary/aromatic N) is 4. The second kappa shape index (κ2) is 7.19. The fourth-order valence-corrected chi connectivity index (χ4v) is 2.88. The van der Waals surface area contributed by atoms with Crippen LogP contribution in [0.2, 0.25) is 5.02 Å². The molecule has 0 aliphatic heterocycles. The minimum atomic E-state index is -0.444. The Hall–Kier alpha value is -2.12. The van der Waals surface area contributed by atoms with E-state index in [9.17, 15) is 4.79 Å². The van der Waals surface area contributed by atoms with E-state index in [1.54, 1.807) is 23.6 Å². The lowest BCUT2D eigenvalue weighted by atomic mass is 10.2. The van der Waals surface area contributed by atoms with Gasteiger partial charge in [0.1, 0.15) is 5.56 Å². The minimum absolute atomic E-state index is 0.294. The van der Waals surface area contributed by atoms with Crippen molar-refractivity contribution >= 4 is 35.0 Å². The normalized spacial score (nSPS) is 11.0. The van der Waals surface area contributed by atoms with Crippen molar-refractivity contribution in [2.24, 2.45) is 0 Å². The second-order valence-electron chi connectivity index (χ2n) is 4.78. The molecule has 0 amide bonds. The summed E-state index contributed by atoms with van der Waals surface area (Å²) < 4.78 is 6.63. The van der Waals surface area contributed by atoms with Crippen molar-refractivity contribution in [3.63, 3.8) is 0 Å². The van der Waals surface area contributed by atoms with Crippen molar-refractivity contribution in [1.82, 2.24) is 19.6 Å². The molecular weight excluding hydrogens is 348 g/mol. The largest absolute Gasteiger partial charge is 0.462 e. The van der Waals surface area contributed by atoms with Gasteiger partial charge in [-0.25, -0.2) is 14.8 Å². The number of hydrogen-bond donors (Lipinski definition) is 0. The quantitative estimate of drug-likeness (QED) is 0.508. The number of hydrogen-bond acceptors (Lipinski definition) is 6. The molecule has 3 rings (SSSR count). The molecule has 6 nitrogen and oxygen atoms in total. The van der Waals surface area contributed by atoms with E-state index in [1.165, 1.54) is 18.0 Å². The SMILES string of the molecule is CCOC(=O)c1cnn2c(-c3ccc(Cl)cc3)nc(SCC)nc12. The molecule has 124 valence electrons. The molecule has 3 aromatic rings. The summed E-state index contributed by atoms with van der Waals surface area (Å²) in [5.74, 6) is 0.975. The standard InChI is InChI=1S/C16H15ClN4O2S/c1-3-23-15(22)12-9-18-21-13(10-5-7-11(17)8-6-10)19-16(24-4-2)20-14(12)21/h5-9H,3-4H2,1-2H3. The molecule has 0 unspecified atom stereocenters. The fourth-order valence-electron chi connectivity index (χ4n) is 2.19. The summed E-state index contributed by atoms with van der Waals surface area (Å²) in [5, 5.41) is 5.49. The number of fused-ring (bicyclic) bond motifs is 1. The molecule has 0 aliphatic rings. The van der Waals surface area contributed by atoms with Crippen LogP contribution in [-0.4, -0.2) is 37.9 Å². The van der Waals surface area contributed by atoms with Crippen LogP contribution in [0.25, 0.3) is 17.0 Å². The zero-order chi connectivity index (χ0) is 17.1. The number of rotatable bonds is 5. The van der Waals surface area contributed by atoms with E-state index in [-0.39, 0.29) is 0 Å². The van der Waals surface area contributed by atoms with Gasteiger partial charge in [0.15, 0.2) is 16.6 Å². The Balaban J connectivity index is 2.20. The predicted octanol–water partition coefficient (Wildman–Crippen LogP) is 3.73. The van der Waals surface area contributed by atoms with Gasteiger partial charge in [0.25, 0.3) is 0 Å². The number of ether oxygens (including phenoxy) is 1. The molecule has 0 fully saturated rings. The monoisotopic (exact) mass is 362 g/mol. The highest BCUT2D eigenvalue weighted by Crippen LogP contribution is 2.25. The highest BCUT2D eigenvalue weighted by molar-refractivity contribution is 7.99. The zero-order valence-corrected chi connectivity index (χ0v) is 14.8. The third-order valence-electron chi connectivity index (χ3n) is 3.22. The van der Waals surface area contributed by atoms with Gasteiger partial charge in [-0.3, -0.25) is 0 Å². The van der Waals surface area contributed by atoms with Gasteiger partial charge in [-0.2, -0.15) is 9.61 Å². The molecule has 0 aliphatic carbocycles. The summed E-state index contributed by atoms with van der Waals surface area (Å²) in [6.07, 6.45) is 1.46. The third kappa shape index (κ3) is 3.22. The summed E-state index contributed by atoms with van der Waals surface area (Å²) in [6.45, 7) is 4.07. The van der Waals surface area contributed by atoms with Crippen LogP contribution >= 0.6 is 23.4 Å². The van der Waals surface area contributed by atoms with Gasteiger partial charge in [0.05, 0.1) is 12.8 Å². The van der Waals surface area contributed by atoms with Gasteiger partial charge in [-0.1, -0.05) is 30.3 Å². The summed E-state index contributed by atoms with van der Waals surface area (Å²) in [4.78, 5) is 21.1. The third-order valence-corrected chi connectivity index (χ3v) is 4.20. The lowest BCUT2D eigenvalue weighted by Crippen LogP contribution is -2.07. The van der Waals surface area contributed by atoms with E-state index in [0.29, 0.717) is 33.8 Å². The highest BCUT2D eigenvalue weighted by Gasteiger charge is 2.19.